The minimum Gasteiger partial charge on any atom is -0.486 e. The predicted octanol–water partition coefficient (Wildman–Crippen LogP) is 3.76. The summed E-state index contributed by atoms with van der Waals surface area (Å²) >= 11 is 1.46. The number of amides is 1. The lowest BCUT2D eigenvalue weighted by Gasteiger charge is -2.18. The van der Waals surface area contributed by atoms with Crippen molar-refractivity contribution < 1.29 is 14.3 Å². The first-order valence-corrected chi connectivity index (χ1v) is 10.8. The van der Waals surface area contributed by atoms with Gasteiger partial charge in [-0.1, -0.05) is 24.3 Å². The Morgan fingerprint density at radius 1 is 1.03 bits per heavy atom. The van der Waals surface area contributed by atoms with E-state index in [1.54, 1.807) is 11.0 Å². The van der Waals surface area contributed by atoms with Gasteiger partial charge in [-0.25, -0.2) is 9.67 Å². The molecule has 8 heteroatoms. The largest absolute Gasteiger partial charge is 0.486 e. The van der Waals surface area contributed by atoms with Crippen LogP contribution >= 0.6 is 11.3 Å². The van der Waals surface area contributed by atoms with Gasteiger partial charge >= 0.3 is 0 Å². The second-order valence-corrected chi connectivity index (χ2v) is 8.15. The van der Waals surface area contributed by atoms with Gasteiger partial charge in [0, 0.05) is 11.4 Å². The highest BCUT2D eigenvalue weighted by Gasteiger charge is 2.15. The Morgan fingerprint density at radius 2 is 1.87 bits per heavy atom. The highest BCUT2D eigenvalue weighted by atomic mass is 32.1. The summed E-state index contributed by atoms with van der Waals surface area (Å²) in [5.41, 5.74) is 3.15. The van der Waals surface area contributed by atoms with Crippen molar-refractivity contribution >= 4 is 17.2 Å². The van der Waals surface area contributed by atoms with Crippen molar-refractivity contribution in [3.05, 3.63) is 83.3 Å². The van der Waals surface area contributed by atoms with E-state index >= 15 is 0 Å². The summed E-state index contributed by atoms with van der Waals surface area (Å²) in [6.45, 7) is 2.17. The second kappa shape index (κ2) is 8.61. The number of hydrogen-bond donors (Lipinski definition) is 1. The number of nitrogens with zero attached hydrogens (tertiary/aromatic N) is 3. The zero-order valence-electron chi connectivity index (χ0n) is 16.7. The normalized spacial score (nSPS) is 12.5. The summed E-state index contributed by atoms with van der Waals surface area (Å²) in [6, 6.07) is 17.7. The van der Waals surface area contributed by atoms with Crippen LogP contribution in [-0.2, 0) is 13.1 Å². The van der Waals surface area contributed by atoms with E-state index in [9.17, 15) is 4.79 Å². The number of nitrogens with one attached hydrogen (secondary N) is 1. The van der Waals surface area contributed by atoms with Crippen molar-refractivity contribution in [2.24, 2.45) is 0 Å². The number of carbonyl (C=O) groups excluding carboxylic acids is 1. The third kappa shape index (κ3) is 4.29. The molecule has 4 aromatic rings. The average molecular weight is 433 g/mol. The summed E-state index contributed by atoms with van der Waals surface area (Å²) in [7, 11) is 0. The fourth-order valence-electron chi connectivity index (χ4n) is 3.45. The summed E-state index contributed by atoms with van der Waals surface area (Å²) < 4.78 is 13.0. The molecule has 0 radical (unpaired) electrons. The maximum atomic E-state index is 12.8. The molecule has 0 saturated carbocycles. The number of rotatable bonds is 6. The molecule has 1 amide bonds. The lowest BCUT2D eigenvalue weighted by Crippen LogP contribution is -2.22. The molecule has 0 saturated heterocycles. The number of aromatic nitrogens is 3. The first-order chi connectivity index (χ1) is 15.3. The molecule has 0 unspecified atom stereocenters. The zero-order chi connectivity index (χ0) is 21.0. The smallest absolute Gasteiger partial charge is 0.261 e. The van der Waals surface area contributed by atoms with E-state index in [-0.39, 0.29) is 5.91 Å². The molecule has 2 aromatic heterocycles. The Balaban J connectivity index is 1.27. The topological polar surface area (TPSA) is 78.3 Å². The lowest BCUT2D eigenvalue weighted by atomic mass is 10.1. The quantitative estimate of drug-likeness (QED) is 0.502. The van der Waals surface area contributed by atoms with Crippen LogP contribution in [0.1, 0.15) is 20.8 Å². The Kier molecular flexibility index (Phi) is 5.37. The summed E-state index contributed by atoms with van der Waals surface area (Å²) in [5.74, 6) is 1.41. The van der Waals surface area contributed by atoms with Gasteiger partial charge in [0.25, 0.3) is 5.91 Å². The first-order valence-electron chi connectivity index (χ1n) is 9.93. The lowest BCUT2D eigenvalue weighted by molar-refractivity contribution is 0.0955. The standard InChI is InChI=1S/C23H20N4O3S/c28-23(25-12-17-3-1-2-4-18(17)13-27-15-24-14-26-27)22-8-7-21(31-22)16-5-6-19-20(11-16)30-10-9-29-19/h1-8,11,14-15H,9-10,12-13H2,(H,25,28). The Bertz CT molecular complexity index is 1200. The number of fused-ring (bicyclic) bond motifs is 1. The fraction of sp³-hybridized carbons (Fsp3) is 0.174. The molecular formula is C23H20N4O3S. The van der Waals surface area contributed by atoms with E-state index in [4.69, 9.17) is 9.47 Å². The summed E-state index contributed by atoms with van der Waals surface area (Å²) in [6.07, 6.45) is 3.20. The summed E-state index contributed by atoms with van der Waals surface area (Å²) in [5, 5.41) is 7.19. The van der Waals surface area contributed by atoms with Crippen LogP contribution in [0.3, 0.4) is 0 Å². The van der Waals surface area contributed by atoms with Gasteiger partial charge in [0.15, 0.2) is 11.5 Å². The van der Waals surface area contributed by atoms with Gasteiger partial charge in [-0.15, -0.1) is 11.3 Å². The average Bonchev–Trinajstić information content (AvgIpc) is 3.50. The summed E-state index contributed by atoms with van der Waals surface area (Å²) in [4.78, 5) is 18.4. The SMILES string of the molecule is O=C(NCc1ccccc1Cn1cncn1)c1ccc(-c2ccc3c(c2)OCCO3)s1. The van der Waals surface area contributed by atoms with Crippen LogP contribution in [0, 0.1) is 0 Å². The highest BCUT2D eigenvalue weighted by molar-refractivity contribution is 7.17. The molecule has 0 aliphatic carbocycles. The van der Waals surface area contributed by atoms with Crippen molar-refractivity contribution in [2.75, 3.05) is 13.2 Å². The van der Waals surface area contributed by atoms with Crippen LogP contribution < -0.4 is 14.8 Å². The number of hydrogen-bond acceptors (Lipinski definition) is 6. The van der Waals surface area contributed by atoms with E-state index < -0.39 is 0 Å². The maximum Gasteiger partial charge on any atom is 0.261 e. The molecule has 0 fully saturated rings. The number of benzene rings is 2. The molecule has 3 heterocycles. The minimum atomic E-state index is -0.0932. The molecule has 1 aliphatic rings. The van der Waals surface area contributed by atoms with Crippen LogP contribution in [-0.4, -0.2) is 33.9 Å². The number of thiophene rings is 1. The van der Waals surface area contributed by atoms with Gasteiger partial charge < -0.3 is 14.8 Å². The van der Waals surface area contributed by atoms with E-state index in [1.165, 1.54) is 17.7 Å². The Labute approximate surface area is 183 Å². The number of carbonyl (C=O) groups is 1. The number of ether oxygens (including phenoxy) is 2. The molecule has 1 N–H and O–H groups in total. The molecule has 7 nitrogen and oxygen atoms in total. The Hall–Kier alpha value is -3.65. The van der Waals surface area contributed by atoms with Crippen molar-refractivity contribution in [1.82, 2.24) is 20.1 Å². The van der Waals surface area contributed by atoms with Gasteiger partial charge in [-0.05, 0) is 47.0 Å². The molecule has 0 atom stereocenters. The van der Waals surface area contributed by atoms with Crippen molar-refractivity contribution in [1.29, 1.82) is 0 Å². The van der Waals surface area contributed by atoms with Crippen LogP contribution in [0.2, 0.25) is 0 Å². The van der Waals surface area contributed by atoms with Gasteiger partial charge in [-0.2, -0.15) is 5.10 Å². The third-order valence-corrected chi connectivity index (χ3v) is 6.15. The minimum absolute atomic E-state index is 0.0932. The van der Waals surface area contributed by atoms with E-state index in [0.717, 1.165) is 33.1 Å². The first kappa shape index (κ1) is 19.3. The second-order valence-electron chi connectivity index (χ2n) is 7.07. The van der Waals surface area contributed by atoms with Crippen molar-refractivity contribution in [3.63, 3.8) is 0 Å². The maximum absolute atomic E-state index is 12.8. The fourth-order valence-corrected chi connectivity index (χ4v) is 4.37. The molecule has 0 spiro atoms. The predicted molar refractivity (Wildman–Crippen MR) is 117 cm³/mol. The molecule has 156 valence electrons. The van der Waals surface area contributed by atoms with Crippen molar-refractivity contribution in [3.8, 4) is 21.9 Å². The molecule has 2 aromatic carbocycles. The Morgan fingerprint density at radius 3 is 2.71 bits per heavy atom. The third-order valence-electron chi connectivity index (χ3n) is 5.01. The van der Waals surface area contributed by atoms with Gasteiger partial charge in [-0.3, -0.25) is 4.79 Å². The van der Waals surface area contributed by atoms with E-state index in [1.807, 2.05) is 54.6 Å². The van der Waals surface area contributed by atoms with Crippen LogP contribution in [0.4, 0.5) is 0 Å². The van der Waals surface area contributed by atoms with Crippen LogP contribution in [0.5, 0.6) is 11.5 Å². The van der Waals surface area contributed by atoms with Gasteiger partial charge in [0.05, 0.1) is 11.4 Å². The van der Waals surface area contributed by atoms with Gasteiger partial charge in [0.2, 0.25) is 0 Å². The van der Waals surface area contributed by atoms with Crippen LogP contribution in [0.15, 0.2) is 67.3 Å². The van der Waals surface area contributed by atoms with E-state index in [2.05, 4.69) is 15.4 Å². The molecular weight excluding hydrogens is 412 g/mol. The van der Waals surface area contributed by atoms with Gasteiger partial charge in [0.1, 0.15) is 25.9 Å². The van der Waals surface area contributed by atoms with Crippen LogP contribution in [0.25, 0.3) is 10.4 Å². The molecule has 31 heavy (non-hydrogen) atoms. The molecule has 1 aliphatic heterocycles. The molecule has 0 bridgehead atoms. The van der Waals surface area contributed by atoms with E-state index in [0.29, 0.717) is 31.2 Å². The monoisotopic (exact) mass is 432 g/mol. The van der Waals surface area contributed by atoms with Crippen molar-refractivity contribution in [2.45, 2.75) is 13.1 Å². The zero-order valence-corrected chi connectivity index (χ0v) is 17.5. The highest BCUT2D eigenvalue weighted by Crippen LogP contribution is 2.36. The molecule has 5 rings (SSSR count).